The van der Waals surface area contributed by atoms with Crippen LogP contribution in [-0.2, 0) is 16.6 Å². The summed E-state index contributed by atoms with van der Waals surface area (Å²) in [4.78, 5) is 2.13. The molecule has 1 rings (SSSR count). The van der Waals surface area contributed by atoms with E-state index in [0.29, 0.717) is 31.0 Å². The molecule has 0 bridgehead atoms. The summed E-state index contributed by atoms with van der Waals surface area (Å²) in [6.07, 6.45) is 0.885. The van der Waals surface area contributed by atoms with Gasteiger partial charge in [0.25, 0.3) is 0 Å². The molecule has 1 aromatic carbocycles. The number of hydrogen-bond donors (Lipinski definition) is 2. The second-order valence-corrected chi connectivity index (χ2v) is 6.79. The van der Waals surface area contributed by atoms with Crippen molar-refractivity contribution in [2.45, 2.75) is 24.8 Å². The molecular formula is C14H25N3O3S. The van der Waals surface area contributed by atoms with Gasteiger partial charge in [0.2, 0.25) is 10.0 Å². The second-order valence-electron chi connectivity index (χ2n) is 5.02. The maximum absolute atomic E-state index is 12.2. The summed E-state index contributed by atoms with van der Waals surface area (Å²) >= 11 is 0. The van der Waals surface area contributed by atoms with E-state index in [2.05, 4.69) is 4.72 Å². The molecule has 1 aromatic rings. The average molecular weight is 315 g/mol. The molecule has 3 N–H and O–H groups in total. The Kier molecular flexibility index (Phi) is 7.10. The molecule has 0 aliphatic heterocycles. The van der Waals surface area contributed by atoms with Crippen molar-refractivity contribution in [1.29, 1.82) is 0 Å². The van der Waals surface area contributed by atoms with Crippen molar-refractivity contribution >= 4 is 10.0 Å². The standard InChI is InChI=1S/C14H25N3O3S/c1-4-9-20-14-6-5-13(10-12(14)11-15)21(18,19)16-7-8-17(2)3/h5-6,10,16H,4,7-9,11,15H2,1-3H3. The molecule has 0 saturated heterocycles. The summed E-state index contributed by atoms with van der Waals surface area (Å²) in [5, 5.41) is 0. The first-order chi connectivity index (χ1) is 9.90. The Morgan fingerprint density at radius 3 is 2.62 bits per heavy atom. The SMILES string of the molecule is CCCOc1ccc(S(=O)(=O)NCCN(C)C)cc1CN. The predicted molar refractivity (Wildman–Crippen MR) is 83.9 cm³/mol. The number of rotatable bonds is 9. The lowest BCUT2D eigenvalue weighted by Crippen LogP contribution is -2.31. The number of benzene rings is 1. The molecule has 0 fully saturated rings. The minimum atomic E-state index is -3.51. The molecule has 0 aliphatic carbocycles. The van der Waals surface area contributed by atoms with Crippen molar-refractivity contribution in [3.63, 3.8) is 0 Å². The zero-order valence-electron chi connectivity index (χ0n) is 12.9. The van der Waals surface area contributed by atoms with Crippen LogP contribution in [0.2, 0.25) is 0 Å². The zero-order valence-corrected chi connectivity index (χ0v) is 13.7. The fourth-order valence-corrected chi connectivity index (χ4v) is 2.79. The van der Waals surface area contributed by atoms with Crippen LogP contribution in [0.1, 0.15) is 18.9 Å². The van der Waals surface area contributed by atoms with Gasteiger partial charge in [0.15, 0.2) is 0 Å². The van der Waals surface area contributed by atoms with Crippen LogP contribution in [0.5, 0.6) is 5.75 Å². The number of hydrogen-bond acceptors (Lipinski definition) is 5. The highest BCUT2D eigenvalue weighted by molar-refractivity contribution is 7.89. The molecule has 21 heavy (non-hydrogen) atoms. The van der Waals surface area contributed by atoms with Gasteiger partial charge >= 0.3 is 0 Å². The van der Waals surface area contributed by atoms with Crippen molar-refractivity contribution in [3.05, 3.63) is 23.8 Å². The molecule has 120 valence electrons. The van der Waals surface area contributed by atoms with E-state index in [-0.39, 0.29) is 11.4 Å². The lowest BCUT2D eigenvalue weighted by Gasteiger charge is -2.13. The monoisotopic (exact) mass is 315 g/mol. The molecule has 0 radical (unpaired) electrons. The van der Waals surface area contributed by atoms with Crippen LogP contribution in [0.25, 0.3) is 0 Å². The van der Waals surface area contributed by atoms with Crippen molar-refractivity contribution in [3.8, 4) is 5.75 Å². The topological polar surface area (TPSA) is 84.7 Å². The van der Waals surface area contributed by atoms with Crippen LogP contribution in [0, 0.1) is 0 Å². The van der Waals surface area contributed by atoms with E-state index < -0.39 is 10.0 Å². The van der Waals surface area contributed by atoms with Crippen molar-refractivity contribution in [1.82, 2.24) is 9.62 Å². The van der Waals surface area contributed by atoms with Crippen molar-refractivity contribution in [2.75, 3.05) is 33.8 Å². The van der Waals surface area contributed by atoms with E-state index in [1.165, 1.54) is 0 Å². The fraction of sp³-hybridized carbons (Fsp3) is 0.571. The molecule has 0 aromatic heterocycles. The normalized spacial score (nSPS) is 11.9. The highest BCUT2D eigenvalue weighted by Gasteiger charge is 2.15. The molecule has 0 atom stereocenters. The highest BCUT2D eigenvalue weighted by atomic mass is 32.2. The predicted octanol–water partition coefficient (Wildman–Crippen LogP) is 0.774. The van der Waals surface area contributed by atoms with E-state index in [1.54, 1.807) is 18.2 Å². The average Bonchev–Trinajstić information content (AvgIpc) is 2.44. The Hall–Kier alpha value is -1.15. The van der Waals surface area contributed by atoms with E-state index in [4.69, 9.17) is 10.5 Å². The number of nitrogens with one attached hydrogen (secondary N) is 1. The summed E-state index contributed by atoms with van der Waals surface area (Å²) < 4.78 is 32.5. The van der Waals surface area contributed by atoms with Crippen LogP contribution in [-0.4, -0.2) is 47.1 Å². The molecule has 0 saturated carbocycles. The van der Waals surface area contributed by atoms with Gasteiger partial charge in [-0.15, -0.1) is 0 Å². The number of sulfonamides is 1. The van der Waals surface area contributed by atoms with Crippen molar-refractivity contribution < 1.29 is 13.2 Å². The van der Waals surface area contributed by atoms with Crippen LogP contribution in [0.15, 0.2) is 23.1 Å². The largest absolute Gasteiger partial charge is 0.493 e. The van der Waals surface area contributed by atoms with E-state index in [1.807, 2.05) is 25.9 Å². The van der Waals surface area contributed by atoms with Gasteiger partial charge in [0.05, 0.1) is 11.5 Å². The lowest BCUT2D eigenvalue weighted by molar-refractivity contribution is 0.314. The molecule has 0 amide bonds. The quantitative estimate of drug-likeness (QED) is 0.703. The first-order valence-electron chi connectivity index (χ1n) is 7.01. The van der Waals surface area contributed by atoms with Gasteiger partial charge in [0, 0.05) is 25.2 Å². The Morgan fingerprint density at radius 1 is 1.33 bits per heavy atom. The van der Waals surface area contributed by atoms with Crippen LogP contribution < -0.4 is 15.2 Å². The molecule has 7 heteroatoms. The van der Waals surface area contributed by atoms with E-state index >= 15 is 0 Å². The summed E-state index contributed by atoms with van der Waals surface area (Å²) in [5.74, 6) is 0.645. The third-order valence-electron chi connectivity index (χ3n) is 2.87. The van der Waals surface area contributed by atoms with Crippen molar-refractivity contribution in [2.24, 2.45) is 5.73 Å². The van der Waals surface area contributed by atoms with Crippen LogP contribution in [0.4, 0.5) is 0 Å². The summed E-state index contributed by atoms with van der Waals surface area (Å²) in [6, 6.07) is 4.78. The smallest absolute Gasteiger partial charge is 0.240 e. The van der Waals surface area contributed by atoms with Gasteiger partial charge in [-0.2, -0.15) is 0 Å². The summed E-state index contributed by atoms with van der Waals surface area (Å²) in [5.41, 5.74) is 6.37. The molecule has 0 aliphatic rings. The van der Waals surface area contributed by atoms with Crippen LogP contribution in [0.3, 0.4) is 0 Å². The van der Waals surface area contributed by atoms with Gasteiger partial charge in [-0.3, -0.25) is 0 Å². The minimum absolute atomic E-state index is 0.213. The summed E-state index contributed by atoms with van der Waals surface area (Å²) in [6.45, 7) is 3.83. The maximum Gasteiger partial charge on any atom is 0.240 e. The molecule has 0 spiro atoms. The highest BCUT2D eigenvalue weighted by Crippen LogP contribution is 2.22. The summed E-state index contributed by atoms with van der Waals surface area (Å²) in [7, 11) is 0.266. The first kappa shape index (κ1) is 17.9. The first-order valence-corrected chi connectivity index (χ1v) is 8.49. The maximum atomic E-state index is 12.2. The Bertz CT molecular complexity index is 544. The molecule has 6 nitrogen and oxygen atoms in total. The second kappa shape index (κ2) is 8.33. The number of nitrogens with two attached hydrogens (primary N) is 1. The lowest BCUT2D eigenvalue weighted by atomic mass is 10.2. The minimum Gasteiger partial charge on any atom is -0.493 e. The van der Waals surface area contributed by atoms with Crippen LogP contribution >= 0.6 is 0 Å². The zero-order chi connectivity index (χ0) is 15.9. The number of likely N-dealkylation sites (N-methyl/N-ethyl adjacent to an activating group) is 1. The number of nitrogens with zero attached hydrogens (tertiary/aromatic N) is 1. The van der Waals surface area contributed by atoms with Gasteiger partial charge in [0.1, 0.15) is 5.75 Å². The van der Waals surface area contributed by atoms with E-state index in [9.17, 15) is 8.42 Å². The Labute approximate surface area is 127 Å². The third kappa shape index (κ3) is 5.62. The molecule has 0 heterocycles. The fourth-order valence-electron chi connectivity index (χ4n) is 1.72. The van der Waals surface area contributed by atoms with Gasteiger partial charge in [-0.25, -0.2) is 13.1 Å². The Morgan fingerprint density at radius 2 is 2.05 bits per heavy atom. The third-order valence-corrected chi connectivity index (χ3v) is 4.33. The molecule has 0 unspecified atom stereocenters. The van der Waals surface area contributed by atoms with Gasteiger partial charge in [-0.1, -0.05) is 6.92 Å². The molecular weight excluding hydrogens is 290 g/mol. The Balaban J connectivity index is 2.87. The number of ether oxygens (including phenoxy) is 1. The van der Waals surface area contributed by atoms with Gasteiger partial charge < -0.3 is 15.4 Å². The van der Waals surface area contributed by atoms with Gasteiger partial charge in [-0.05, 0) is 38.7 Å². The van der Waals surface area contributed by atoms with E-state index in [0.717, 1.165) is 6.42 Å².